The van der Waals surface area contributed by atoms with Gasteiger partial charge in [-0.3, -0.25) is 0 Å². The van der Waals surface area contributed by atoms with Crippen molar-refractivity contribution in [2.75, 3.05) is 0 Å². The van der Waals surface area contributed by atoms with Crippen LogP contribution in [-0.4, -0.2) is 0 Å². The van der Waals surface area contributed by atoms with Crippen LogP contribution in [0.2, 0.25) is 0 Å². The third-order valence-electron chi connectivity index (χ3n) is 3.39. The molecule has 1 aliphatic carbocycles. The normalized spacial score (nSPS) is 17.1. The summed E-state index contributed by atoms with van der Waals surface area (Å²) in [7, 11) is 0. The summed E-state index contributed by atoms with van der Waals surface area (Å²) in [6, 6.07) is 0. The molecule has 1 saturated carbocycles. The van der Waals surface area contributed by atoms with Crippen molar-refractivity contribution >= 4 is 0 Å². The highest BCUT2D eigenvalue weighted by Gasteiger charge is 2.19. The average Bonchev–Trinajstić information content (AvgIpc) is 3.11. The Bertz CT molecular complexity index is 336. The fourth-order valence-corrected chi connectivity index (χ4v) is 1.79. The molecule has 0 amide bonds. The van der Waals surface area contributed by atoms with Crippen LogP contribution in [0.25, 0.3) is 0 Å². The zero-order valence-electron chi connectivity index (χ0n) is 11.4. The first kappa shape index (κ1) is 13.1. The van der Waals surface area contributed by atoms with Crippen molar-refractivity contribution in [2.24, 2.45) is 0 Å². The van der Waals surface area contributed by atoms with E-state index in [1.807, 2.05) is 0 Å². The van der Waals surface area contributed by atoms with Gasteiger partial charge >= 0.3 is 0 Å². The second-order valence-electron chi connectivity index (χ2n) is 4.53. The number of allylic oxidation sites excluding steroid dienone is 5. The lowest BCUT2D eigenvalue weighted by Crippen LogP contribution is -2.14. The van der Waals surface area contributed by atoms with E-state index in [4.69, 9.17) is 0 Å². The van der Waals surface area contributed by atoms with E-state index in [9.17, 15) is 0 Å². The minimum Gasteiger partial charge on any atom is -0.359 e. The topological polar surface area (TPSA) is 12.0 Å². The molecular formula is C15H25N. The van der Waals surface area contributed by atoms with Gasteiger partial charge in [0.2, 0.25) is 0 Å². The zero-order valence-corrected chi connectivity index (χ0v) is 11.4. The van der Waals surface area contributed by atoms with E-state index in [0.29, 0.717) is 0 Å². The minimum atomic E-state index is 1.11. The molecule has 0 saturated heterocycles. The van der Waals surface area contributed by atoms with Gasteiger partial charge in [0.05, 0.1) is 0 Å². The average molecular weight is 219 g/mol. The van der Waals surface area contributed by atoms with E-state index >= 15 is 0 Å². The second-order valence-corrected chi connectivity index (χ2v) is 4.53. The highest BCUT2D eigenvalue weighted by atomic mass is 14.9. The number of rotatable bonds is 5. The van der Waals surface area contributed by atoms with Gasteiger partial charge in [0.25, 0.3) is 0 Å². The van der Waals surface area contributed by atoms with Crippen LogP contribution in [0.5, 0.6) is 0 Å². The molecule has 0 unspecified atom stereocenters. The molecule has 0 bridgehead atoms. The van der Waals surface area contributed by atoms with Gasteiger partial charge in [-0.05, 0) is 57.6 Å². The maximum Gasteiger partial charge on any atom is 0.0402 e. The standard InChI is InChI=1S/C15H25N/c1-6-11(4)12(5)16-15(14-9-10-14)13(7-2)8-3/h7,16H,6,8-10H2,1-5H3/b12-11+,13-7-. The van der Waals surface area contributed by atoms with E-state index in [1.54, 1.807) is 5.57 Å². The molecule has 0 aromatic rings. The van der Waals surface area contributed by atoms with Crippen molar-refractivity contribution in [3.05, 3.63) is 34.2 Å². The molecule has 16 heavy (non-hydrogen) atoms. The van der Waals surface area contributed by atoms with Crippen molar-refractivity contribution in [2.45, 2.75) is 60.3 Å². The lowest BCUT2D eigenvalue weighted by molar-refractivity contribution is 0.891. The van der Waals surface area contributed by atoms with Gasteiger partial charge in [-0.15, -0.1) is 0 Å². The van der Waals surface area contributed by atoms with Gasteiger partial charge < -0.3 is 5.32 Å². The predicted molar refractivity (Wildman–Crippen MR) is 72.1 cm³/mol. The highest BCUT2D eigenvalue weighted by molar-refractivity contribution is 5.41. The molecule has 1 aliphatic rings. The van der Waals surface area contributed by atoms with Crippen LogP contribution in [-0.2, 0) is 0 Å². The SMILES string of the molecule is C/C=C(/CC)C(N/C(C)=C(\C)CC)=C1CC1. The summed E-state index contributed by atoms with van der Waals surface area (Å²) in [5, 5.41) is 3.62. The molecule has 0 aromatic carbocycles. The van der Waals surface area contributed by atoms with Crippen molar-refractivity contribution in [1.82, 2.24) is 5.32 Å². The number of nitrogens with one attached hydrogen (secondary N) is 1. The Balaban J connectivity index is 2.88. The summed E-state index contributed by atoms with van der Waals surface area (Å²) in [5.41, 5.74) is 7.22. The summed E-state index contributed by atoms with van der Waals surface area (Å²) in [6.07, 6.45) is 7.03. The number of hydrogen-bond acceptors (Lipinski definition) is 1. The van der Waals surface area contributed by atoms with Gasteiger partial charge in [0, 0.05) is 11.4 Å². The van der Waals surface area contributed by atoms with E-state index in [0.717, 1.165) is 12.8 Å². The third kappa shape index (κ3) is 3.26. The maximum absolute atomic E-state index is 3.62. The fraction of sp³-hybridized carbons (Fsp3) is 0.600. The first-order chi connectivity index (χ1) is 7.63. The summed E-state index contributed by atoms with van der Waals surface area (Å²) in [5.74, 6) is 0. The van der Waals surface area contributed by atoms with Gasteiger partial charge in [-0.25, -0.2) is 0 Å². The molecule has 1 fully saturated rings. The third-order valence-corrected chi connectivity index (χ3v) is 3.39. The lowest BCUT2D eigenvalue weighted by atomic mass is 10.1. The van der Waals surface area contributed by atoms with E-state index in [2.05, 4.69) is 46.0 Å². The molecule has 1 nitrogen and oxygen atoms in total. The first-order valence-corrected chi connectivity index (χ1v) is 6.44. The summed E-state index contributed by atoms with van der Waals surface area (Å²) in [6.45, 7) is 11.0. The van der Waals surface area contributed by atoms with Crippen molar-refractivity contribution in [1.29, 1.82) is 0 Å². The molecule has 90 valence electrons. The number of hydrogen-bond donors (Lipinski definition) is 1. The Labute approximate surface area is 100 Å². The van der Waals surface area contributed by atoms with Crippen molar-refractivity contribution in [3.63, 3.8) is 0 Å². The molecule has 0 radical (unpaired) electrons. The second kappa shape index (κ2) is 5.93. The first-order valence-electron chi connectivity index (χ1n) is 6.44. The Hall–Kier alpha value is -0.980. The quantitative estimate of drug-likeness (QED) is 0.707. The van der Waals surface area contributed by atoms with E-state index in [-0.39, 0.29) is 0 Å². The predicted octanol–water partition coefficient (Wildman–Crippen LogP) is 4.68. The Morgan fingerprint density at radius 1 is 1.19 bits per heavy atom. The maximum atomic E-state index is 3.62. The summed E-state index contributed by atoms with van der Waals surface area (Å²) < 4.78 is 0. The fourth-order valence-electron chi connectivity index (χ4n) is 1.79. The van der Waals surface area contributed by atoms with Gasteiger partial charge in [-0.2, -0.15) is 0 Å². The molecule has 1 heteroatoms. The van der Waals surface area contributed by atoms with Crippen LogP contribution < -0.4 is 5.32 Å². The molecular weight excluding hydrogens is 194 g/mol. The van der Waals surface area contributed by atoms with Gasteiger partial charge in [-0.1, -0.05) is 25.5 Å². The Morgan fingerprint density at radius 2 is 1.81 bits per heavy atom. The van der Waals surface area contributed by atoms with Gasteiger partial charge in [0.1, 0.15) is 0 Å². The molecule has 0 spiro atoms. The van der Waals surface area contributed by atoms with Gasteiger partial charge in [0.15, 0.2) is 0 Å². The van der Waals surface area contributed by atoms with Crippen LogP contribution in [0.3, 0.4) is 0 Å². The molecule has 1 rings (SSSR count). The molecule has 0 atom stereocenters. The van der Waals surface area contributed by atoms with Crippen molar-refractivity contribution < 1.29 is 0 Å². The smallest absolute Gasteiger partial charge is 0.0402 e. The van der Waals surface area contributed by atoms with Crippen LogP contribution in [0, 0.1) is 0 Å². The van der Waals surface area contributed by atoms with Crippen LogP contribution >= 0.6 is 0 Å². The largest absolute Gasteiger partial charge is 0.359 e. The Morgan fingerprint density at radius 3 is 2.19 bits per heavy atom. The van der Waals surface area contributed by atoms with Crippen LogP contribution in [0.15, 0.2) is 34.2 Å². The van der Waals surface area contributed by atoms with Crippen LogP contribution in [0.1, 0.15) is 60.3 Å². The van der Waals surface area contributed by atoms with E-state index < -0.39 is 0 Å². The van der Waals surface area contributed by atoms with Crippen LogP contribution in [0.4, 0.5) is 0 Å². The van der Waals surface area contributed by atoms with E-state index in [1.165, 1.54) is 35.4 Å². The molecule has 0 aliphatic heterocycles. The minimum absolute atomic E-state index is 1.11. The highest BCUT2D eigenvalue weighted by Crippen LogP contribution is 2.34. The molecule has 0 heterocycles. The van der Waals surface area contributed by atoms with Crippen molar-refractivity contribution in [3.8, 4) is 0 Å². The Kier molecular flexibility index (Phi) is 4.85. The monoisotopic (exact) mass is 219 g/mol. The summed E-state index contributed by atoms with van der Waals surface area (Å²) >= 11 is 0. The lowest BCUT2D eigenvalue weighted by Gasteiger charge is -2.16. The molecule has 0 aromatic heterocycles. The zero-order chi connectivity index (χ0) is 12.1. The summed E-state index contributed by atoms with van der Waals surface area (Å²) in [4.78, 5) is 0. The molecule has 1 N–H and O–H groups in total.